The number of esters is 1. The fourth-order valence-corrected chi connectivity index (χ4v) is 7.49. The summed E-state index contributed by atoms with van der Waals surface area (Å²) in [7, 11) is -5.03. The van der Waals surface area contributed by atoms with E-state index in [1.165, 1.54) is 32.1 Å². The molecule has 0 aromatic rings. The maximum absolute atomic E-state index is 12.8. The van der Waals surface area contributed by atoms with Gasteiger partial charge in [0.15, 0.2) is 0 Å². The van der Waals surface area contributed by atoms with Crippen LogP contribution < -0.4 is 0 Å². The molecule has 342 valence electrons. The van der Waals surface area contributed by atoms with Crippen molar-refractivity contribution in [3.05, 3.63) is 60.8 Å². The van der Waals surface area contributed by atoms with Gasteiger partial charge in [0, 0.05) is 13.0 Å². The maximum Gasteiger partial charge on any atom is 0.472 e. The van der Waals surface area contributed by atoms with Crippen LogP contribution in [-0.2, 0) is 27.9 Å². The molecule has 59 heavy (non-hydrogen) atoms. The number of hydrogen-bond acceptors (Lipinski definition) is 11. The Balaban J connectivity index is 2.43. The maximum atomic E-state index is 12.8. The molecule has 0 heterocycles. The van der Waals surface area contributed by atoms with Crippen LogP contribution in [0.25, 0.3) is 0 Å². The number of allylic oxidation sites excluding steroid dienone is 10. The van der Waals surface area contributed by atoms with Crippen molar-refractivity contribution in [1.82, 2.24) is 0 Å². The van der Waals surface area contributed by atoms with Gasteiger partial charge < -0.3 is 39.9 Å². The summed E-state index contributed by atoms with van der Waals surface area (Å²) < 4.78 is 34.1. The zero-order valence-electron chi connectivity index (χ0n) is 36.3. The molecule has 1 fully saturated rings. The SMILES string of the molecule is CC/C=C\C/C=C\C/C=C\CCCCCCCC(=O)OC(COCCCCCCCC/C=C\C/C=C\CCCCCC)COP(=O)(O)OC1C(O)C(O)C(O)C(O)C1O. The Morgan fingerprint density at radius 1 is 0.559 bits per heavy atom. The first-order valence-electron chi connectivity index (χ1n) is 22.6. The van der Waals surface area contributed by atoms with Crippen LogP contribution in [-0.4, -0.2) is 98.9 Å². The van der Waals surface area contributed by atoms with Crippen molar-refractivity contribution >= 4 is 13.8 Å². The van der Waals surface area contributed by atoms with Gasteiger partial charge in [0.05, 0.1) is 13.2 Å². The minimum absolute atomic E-state index is 0.0936. The van der Waals surface area contributed by atoms with E-state index in [2.05, 4.69) is 74.6 Å². The second kappa shape index (κ2) is 36.7. The van der Waals surface area contributed by atoms with E-state index in [0.29, 0.717) is 13.0 Å². The zero-order valence-corrected chi connectivity index (χ0v) is 37.2. The van der Waals surface area contributed by atoms with Crippen LogP contribution in [0.15, 0.2) is 60.8 Å². The highest BCUT2D eigenvalue weighted by Gasteiger charge is 2.51. The van der Waals surface area contributed by atoms with Gasteiger partial charge in [-0.3, -0.25) is 13.8 Å². The lowest BCUT2D eigenvalue weighted by Gasteiger charge is -2.41. The number of rotatable bonds is 37. The smallest absolute Gasteiger partial charge is 0.457 e. The van der Waals surface area contributed by atoms with E-state index in [1.807, 2.05) is 0 Å². The molecule has 0 spiro atoms. The minimum atomic E-state index is -5.03. The summed E-state index contributed by atoms with van der Waals surface area (Å²) in [6.07, 6.45) is 32.9. The van der Waals surface area contributed by atoms with Gasteiger partial charge in [0.1, 0.15) is 42.7 Å². The normalized spacial score (nSPS) is 23.1. The molecule has 0 aliphatic heterocycles. The second-order valence-corrected chi connectivity index (χ2v) is 16.9. The standard InChI is InChI=1S/C46H81O12P/c1-3-5-7-9-11-13-15-17-19-20-22-24-26-28-30-32-34-36-55-37-39(38-56-59(53,54)58-46-44(51)42(49)41(48)43(50)45(46)52)57-40(47)35-33-31-29-27-25-23-21-18-16-14-12-10-8-6-4-2/h6,8,12-15,18-21,39,41-46,48-52H,3-5,7,9-11,16-17,22-38H2,1-2H3,(H,53,54)/b8-6-,14-12-,15-13-,20-19-,21-18-. The number of aliphatic hydroxyl groups is 5. The van der Waals surface area contributed by atoms with Crippen LogP contribution in [0.4, 0.5) is 0 Å². The third-order valence-electron chi connectivity index (χ3n) is 10.1. The first-order valence-corrected chi connectivity index (χ1v) is 24.1. The van der Waals surface area contributed by atoms with Gasteiger partial charge in [0.2, 0.25) is 0 Å². The molecule has 13 heteroatoms. The van der Waals surface area contributed by atoms with Crippen molar-refractivity contribution in [2.75, 3.05) is 19.8 Å². The van der Waals surface area contributed by atoms with Crippen molar-refractivity contribution in [3.63, 3.8) is 0 Å². The highest BCUT2D eigenvalue weighted by molar-refractivity contribution is 7.47. The van der Waals surface area contributed by atoms with Gasteiger partial charge >= 0.3 is 13.8 Å². The van der Waals surface area contributed by atoms with Crippen LogP contribution in [0.2, 0.25) is 0 Å². The molecule has 0 bridgehead atoms. The molecule has 1 saturated carbocycles. The predicted molar refractivity (Wildman–Crippen MR) is 235 cm³/mol. The van der Waals surface area contributed by atoms with Crippen LogP contribution in [0.3, 0.4) is 0 Å². The lowest BCUT2D eigenvalue weighted by Crippen LogP contribution is -2.64. The Morgan fingerprint density at radius 2 is 1.00 bits per heavy atom. The van der Waals surface area contributed by atoms with Gasteiger partial charge in [-0.05, 0) is 77.0 Å². The predicted octanol–water partition coefficient (Wildman–Crippen LogP) is 9.03. The monoisotopic (exact) mass is 857 g/mol. The summed E-state index contributed by atoms with van der Waals surface area (Å²) in [5, 5.41) is 50.1. The molecular weight excluding hydrogens is 775 g/mol. The average Bonchev–Trinajstić information content (AvgIpc) is 3.22. The van der Waals surface area contributed by atoms with E-state index in [-0.39, 0.29) is 13.0 Å². The molecule has 1 aliphatic rings. The number of aliphatic hydroxyl groups excluding tert-OH is 5. The number of ether oxygens (including phenoxy) is 2. The summed E-state index contributed by atoms with van der Waals surface area (Å²) in [4.78, 5) is 23.1. The highest BCUT2D eigenvalue weighted by Crippen LogP contribution is 2.47. The topological polar surface area (TPSA) is 192 Å². The number of phosphoric ester groups is 1. The second-order valence-electron chi connectivity index (χ2n) is 15.5. The van der Waals surface area contributed by atoms with Gasteiger partial charge in [-0.15, -0.1) is 0 Å². The van der Waals surface area contributed by atoms with Crippen LogP contribution in [0, 0.1) is 0 Å². The minimum Gasteiger partial charge on any atom is -0.457 e. The van der Waals surface area contributed by atoms with Crippen LogP contribution in [0.1, 0.15) is 162 Å². The van der Waals surface area contributed by atoms with E-state index >= 15 is 0 Å². The van der Waals surface area contributed by atoms with Crippen molar-refractivity contribution < 1.29 is 58.3 Å². The quantitative estimate of drug-likeness (QED) is 0.0151. The van der Waals surface area contributed by atoms with E-state index < -0.39 is 63.1 Å². The number of hydrogen-bond donors (Lipinski definition) is 6. The van der Waals surface area contributed by atoms with Crippen molar-refractivity contribution in [2.24, 2.45) is 0 Å². The highest BCUT2D eigenvalue weighted by atomic mass is 31.2. The zero-order chi connectivity index (χ0) is 43.4. The molecule has 0 amide bonds. The molecule has 1 aliphatic carbocycles. The van der Waals surface area contributed by atoms with Gasteiger partial charge in [-0.2, -0.15) is 0 Å². The Hall–Kier alpha value is -1.96. The first-order chi connectivity index (χ1) is 28.5. The summed E-state index contributed by atoms with van der Waals surface area (Å²) in [5.74, 6) is -0.500. The molecule has 1 rings (SSSR count). The summed E-state index contributed by atoms with van der Waals surface area (Å²) in [6.45, 7) is 4.07. The lowest BCUT2D eigenvalue weighted by molar-refractivity contribution is -0.220. The Kier molecular flexibility index (Phi) is 34.2. The van der Waals surface area contributed by atoms with Crippen LogP contribution >= 0.6 is 7.82 Å². The molecule has 0 aromatic heterocycles. The summed E-state index contributed by atoms with van der Waals surface area (Å²) in [6, 6.07) is 0. The summed E-state index contributed by atoms with van der Waals surface area (Å²) >= 11 is 0. The summed E-state index contributed by atoms with van der Waals surface area (Å²) in [5.41, 5.74) is 0. The van der Waals surface area contributed by atoms with E-state index in [1.54, 1.807) is 0 Å². The number of phosphoric acid groups is 1. The van der Waals surface area contributed by atoms with Crippen molar-refractivity contribution in [3.8, 4) is 0 Å². The van der Waals surface area contributed by atoms with Gasteiger partial charge in [-0.1, -0.05) is 139 Å². The third kappa shape index (κ3) is 29.1. The Labute approximate surface area is 356 Å². The number of unbranched alkanes of at least 4 members (excludes halogenated alkanes) is 15. The number of carbonyl (C=O) groups is 1. The van der Waals surface area contributed by atoms with E-state index in [0.717, 1.165) is 103 Å². The molecule has 0 radical (unpaired) electrons. The Bertz CT molecular complexity index is 1200. The van der Waals surface area contributed by atoms with Crippen molar-refractivity contribution in [1.29, 1.82) is 0 Å². The van der Waals surface area contributed by atoms with E-state index in [9.17, 15) is 39.8 Å². The van der Waals surface area contributed by atoms with Gasteiger partial charge in [0.25, 0.3) is 0 Å². The Morgan fingerprint density at radius 3 is 1.53 bits per heavy atom. The lowest BCUT2D eigenvalue weighted by atomic mass is 9.85. The van der Waals surface area contributed by atoms with Crippen LogP contribution in [0.5, 0.6) is 0 Å². The fraction of sp³-hybridized carbons (Fsp3) is 0.761. The molecule has 0 saturated heterocycles. The molecule has 6 atom stereocenters. The number of carbonyl (C=O) groups excluding carboxylic acids is 1. The van der Waals surface area contributed by atoms with Crippen molar-refractivity contribution in [2.45, 2.75) is 204 Å². The fourth-order valence-electron chi connectivity index (χ4n) is 6.52. The molecule has 6 N–H and O–H groups in total. The molecular formula is C46H81O12P. The first kappa shape index (κ1) is 55.1. The molecule has 12 nitrogen and oxygen atoms in total. The largest absolute Gasteiger partial charge is 0.472 e. The molecule has 0 aromatic carbocycles. The third-order valence-corrected chi connectivity index (χ3v) is 11.1. The van der Waals surface area contributed by atoms with E-state index in [4.69, 9.17) is 18.5 Å². The van der Waals surface area contributed by atoms with Gasteiger partial charge in [-0.25, -0.2) is 4.57 Å². The molecule has 6 unspecified atom stereocenters. The average molecular weight is 857 g/mol.